The Balaban J connectivity index is 2.24. The normalized spacial score (nSPS) is 13.5. The Labute approximate surface area is 113 Å². The molecule has 0 aliphatic carbocycles. The smallest absolute Gasteiger partial charge is 0.412 e. The van der Waals surface area contributed by atoms with Crippen LogP contribution in [0.4, 0.5) is 16.2 Å². The molecule has 1 aliphatic rings. The average Bonchev–Trinajstić information content (AvgIpc) is 2.75. The van der Waals surface area contributed by atoms with Gasteiger partial charge in [-0.1, -0.05) is 6.07 Å². The third-order valence-electron chi connectivity index (χ3n) is 2.80. The summed E-state index contributed by atoms with van der Waals surface area (Å²) in [4.78, 5) is 11.9. The van der Waals surface area contributed by atoms with Crippen LogP contribution in [-0.4, -0.2) is 25.3 Å². The summed E-state index contributed by atoms with van der Waals surface area (Å²) < 4.78 is 10.6. The highest BCUT2D eigenvalue weighted by molar-refractivity contribution is 5.94. The Morgan fingerprint density at radius 2 is 2.11 bits per heavy atom. The zero-order valence-corrected chi connectivity index (χ0v) is 11.8. The van der Waals surface area contributed by atoms with E-state index in [9.17, 15) is 4.79 Å². The molecule has 5 nitrogen and oxygen atoms in total. The van der Waals surface area contributed by atoms with Crippen molar-refractivity contribution in [1.82, 2.24) is 0 Å². The number of rotatable bonds is 2. The quantitative estimate of drug-likeness (QED) is 0.862. The number of benzene rings is 1. The summed E-state index contributed by atoms with van der Waals surface area (Å²) in [5.41, 5.74) is 2.21. The number of hydrogen-bond donors (Lipinski definition) is 2. The molecular weight excluding hydrogens is 244 g/mol. The molecule has 0 bridgehead atoms. The zero-order chi connectivity index (χ0) is 14.0. The lowest BCUT2D eigenvalue weighted by atomic mass is 10.1. The largest absolute Gasteiger partial charge is 0.494 e. The summed E-state index contributed by atoms with van der Waals surface area (Å²) in [7, 11) is 1.58. The number of ether oxygens (including phenoxy) is 2. The number of anilines is 2. The number of carbonyl (C=O) groups excluding carboxylic acids is 1. The Morgan fingerprint density at radius 1 is 1.37 bits per heavy atom. The van der Waals surface area contributed by atoms with E-state index < -0.39 is 11.7 Å². The molecule has 0 saturated carbocycles. The van der Waals surface area contributed by atoms with E-state index in [1.807, 2.05) is 32.9 Å². The van der Waals surface area contributed by atoms with Gasteiger partial charge in [-0.2, -0.15) is 0 Å². The second kappa shape index (κ2) is 4.99. The van der Waals surface area contributed by atoms with Crippen molar-refractivity contribution in [2.75, 3.05) is 24.3 Å². The van der Waals surface area contributed by atoms with Crippen molar-refractivity contribution in [2.45, 2.75) is 32.8 Å². The van der Waals surface area contributed by atoms with E-state index in [4.69, 9.17) is 9.47 Å². The second-order valence-electron chi connectivity index (χ2n) is 5.48. The minimum Gasteiger partial charge on any atom is -0.494 e. The summed E-state index contributed by atoms with van der Waals surface area (Å²) in [5, 5.41) is 6.03. The number of carbonyl (C=O) groups is 1. The number of hydrogen-bond acceptors (Lipinski definition) is 4. The van der Waals surface area contributed by atoms with Crippen LogP contribution in [0.3, 0.4) is 0 Å². The molecule has 5 heteroatoms. The van der Waals surface area contributed by atoms with Crippen LogP contribution >= 0.6 is 0 Å². The molecule has 0 spiro atoms. The summed E-state index contributed by atoms with van der Waals surface area (Å²) in [6.45, 7) is 6.36. The van der Waals surface area contributed by atoms with Gasteiger partial charge in [0.15, 0.2) is 0 Å². The van der Waals surface area contributed by atoms with E-state index in [0.717, 1.165) is 18.7 Å². The summed E-state index contributed by atoms with van der Waals surface area (Å²) >= 11 is 0. The molecule has 0 fully saturated rings. The molecule has 0 aromatic heterocycles. The van der Waals surface area contributed by atoms with Gasteiger partial charge in [0, 0.05) is 6.54 Å². The summed E-state index contributed by atoms with van der Waals surface area (Å²) in [6.07, 6.45) is 0.468. The molecule has 1 aromatic carbocycles. The lowest BCUT2D eigenvalue weighted by Crippen LogP contribution is -2.27. The molecule has 0 saturated heterocycles. The number of amides is 1. The van der Waals surface area contributed by atoms with Gasteiger partial charge in [0.2, 0.25) is 0 Å². The highest BCUT2D eigenvalue weighted by atomic mass is 16.6. The Hall–Kier alpha value is -1.91. The first-order valence-corrected chi connectivity index (χ1v) is 6.34. The fourth-order valence-corrected chi connectivity index (χ4v) is 2.06. The van der Waals surface area contributed by atoms with E-state index in [2.05, 4.69) is 10.6 Å². The predicted octanol–water partition coefficient (Wildman–Crippen LogP) is 3.01. The second-order valence-corrected chi connectivity index (χ2v) is 5.48. The maximum atomic E-state index is 11.9. The van der Waals surface area contributed by atoms with Crippen molar-refractivity contribution in [1.29, 1.82) is 0 Å². The molecule has 1 heterocycles. The van der Waals surface area contributed by atoms with Gasteiger partial charge in [-0.3, -0.25) is 5.32 Å². The standard InChI is InChI=1S/C14H20N2O3/c1-14(2,3)19-13(17)16-12-10(18-4)6-5-9-7-8-15-11(9)12/h5-6,15H,7-8H2,1-4H3,(H,16,17). The predicted molar refractivity (Wildman–Crippen MR) is 75.0 cm³/mol. The molecule has 2 rings (SSSR count). The first kappa shape index (κ1) is 13.5. The lowest BCUT2D eigenvalue weighted by Gasteiger charge is -2.21. The fourth-order valence-electron chi connectivity index (χ4n) is 2.06. The van der Waals surface area contributed by atoms with Crippen LogP contribution in [0.25, 0.3) is 0 Å². The van der Waals surface area contributed by atoms with Crippen LogP contribution in [0.15, 0.2) is 12.1 Å². The Kier molecular flexibility index (Phi) is 3.55. The van der Waals surface area contributed by atoms with Gasteiger partial charge in [0.05, 0.1) is 12.8 Å². The molecule has 2 N–H and O–H groups in total. The zero-order valence-electron chi connectivity index (χ0n) is 11.8. The van der Waals surface area contributed by atoms with Gasteiger partial charge < -0.3 is 14.8 Å². The number of fused-ring (bicyclic) bond motifs is 1. The Bertz CT molecular complexity index is 492. The molecule has 0 atom stereocenters. The molecule has 0 unspecified atom stereocenters. The van der Waals surface area contributed by atoms with Crippen molar-refractivity contribution in [3.63, 3.8) is 0 Å². The van der Waals surface area contributed by atoms with Crippen molar-refractivity contribution in [3.8, 4) is 5.75 Å². The van der Waals surface area contributed by atoms with E-state index >= 15 is 0 Å². The fraction of sp³-hybridized carbons (Fsp3) is 0.500. The monoisotopic (exact) mass is 264 g/mol. The molecule has 1 amide bonds. The first-order chi connectivity index (χ1) is 8.90. The highest BCUT2D eigenvalue weighted by Crippen LogP contribution is 2.38. The minimum absolute atomic E-state index is 0.479. The number of methoxy groups -OCH3 is 1. The summed E-state index contributed by atoms with van der Waals surface area (Å²) in [6, 6.07) is 3.87. The van der Waals surface area contributed by atoms with Crippen molar-refractivity contribution in [2.24, 2.45) is 0 Å². The maximum absolute atomic E-state index is 11.9. The molecule has 19 heavy (non-hydrogen) atoms. The van der Waals surface area contributed by atoms with Crippen LogP contribution in [0.1, 0.15) is 26.3 Å². The summed E-state index contributed by atoms with van der Waals surface area (Å²) in [5.74, 6) is 0.624. The molecule has 1 aliphatic heterocycles. The Morgan fingerprint density at radius 3 is 2.74 bits per heavy atom. The van der Waals surface area contributed by atoms with Crippen LogP contribution in [0, 0.1) is 0 Å². The van der Waals surface area contributed by atoms with Gasteiger partial charge >= 0.3 is 6.09 Å². The lowest BCUT2D eigenvalue weighted by molar-refractivity contribution is 0.0635. The maximum Gasteiger partial charge on any atom is 0.412 e. The van der Waals surface area contributed by atoms with Crippen LogP contribution < -0.4 is 15.4 Å². The third-order valence-corrected chi connectivity index (χ3v) is 2.80. The van der Waals surface area contributed by atoms with E-state index in [1.165, 1.54) is 5.56 Å². The van der Waals surface area contributed by atoms with Gasteiger partial charge in [-0.05, 0) is 38.8 Å². The van der Waals surface area contributed by atoms with Gasteiger partial charge in [0.25, 0.3) is 0 Å². The van der Waals surface area contributed by atoms with Crippen molar-refractivity contribution in [3.05, 3.63) is 17.7 Å². The van der Waals surface area contributed by atoms with Gasteiger partial charge in [-0.25, -0.2) is 4.79 Å². The van der Waals surface area contributed by atoms with Crippen LogP contribution in [0.5, 0.6) is 5.75 Å². The van der Waals surface area contributed by atoms with E-state index in [1.54, 1.807) is 7.11 Å². The van der Waals surface area contributed by atoms with Crippen LogP contribution in [-0.2, 0) is 11.2 Å². The SMILES string of the molecule is COc1ccc2c(c1NC(=O)OC(C)(C)C)NCC2. The molecule has 1 aromatic rings. The van der Waals surface area contributed by atoms with E-state index in [0.29, 0.717) is 11.4 Å². The minimum atomic E-state index is -0.525. The van der Waals surface area contributed by atoms with Crippen LogP contribution in [0.2, 0.25) is 0 Å². The van der Waals surface area contributed by atoms with Gasteiger partial charge in [-0.15, -0.1) is 0 Å². The first-order valence-electron chi connectivity index (χ1n) is 6.34. The van der Waals surface area contributed by atoms with Gasteiger partial charge in [0.1, 0.15) is 17.0 Å². The molecule has 104 valence electrons. The topological polar surface area (TPSA) is 59.6 Å². The highest BCUT2D eigenvalue weighted by Gasteiger charge is 2.22. The molecular formula is C14H20N2O3. The average molecular weight is 264 g/mol. The van der Waals surface area contributed by atoms with Crippen molar-refractivity contribution >= 4 is 17.5 Å². The molecule has 0 radical (unpaired) electrons. The third kappa shape index (κ3) is 3.10. The van der Waals surface area contributed by atoms with E-state index in [-0.39, 0.29) is 0 Å². The van der Waals surface area contributed by atoms with Crippen molar-refractivity contribution < 1.29 is 14.3 Å². The number of nitrogens with one attached hydrogen (secondary N) is 2.